The summed E-state index contributed by atoms with van der Waals surface area (Å²) >= 11 is 12.0. The fourth-order valence-electron chi connectivity index (χ4n) is 3.04. The predicted octanol–water partition coefficient (Wildman–Crippen LogP) is 6.59. The molecule has 0 N–H and O–H groups in total. The van der Waals surface area contributed by atoms with Crippen LogP contribution in [0.4, 0.5) is 17.6 Å². The van der Waals surface area contributed by atoms with E-state index in [2.05, 4.69) is 15.1 Å². The molecule has 0 unspecified atom stereocenters. The monoisotopic (exact) mass is 496 g/mol. The minimum atomic E-state index is -4.54. The van der Waals surface area contributed by atoms with Gasteiger partial charge in [0.2, 0.25) is 5.88 Å². The number of aromatic nitrogens is 4. The lowest BCUT2D eigenvalue weighted by Crippen LogP contribution is -2.06. The Hall–Kier alpha value is -3.17. The zero-order valence-electron chi connectivity index (χ0n) is 16.9. The van der Waals surface area contributed by atoms with Gasteiger partial charge in [0.05, 0.1) is 16.1 Å². The third-order valence-electron chi connectivity index (χ3n) is 4.67. The second-order valence-corrected chi connectivity index (χ2v) is 7.79. The van der Waals surface area contributed by atoms with Gasteiger partial charge in [-0.05, 0) is 23.8 Å². The van der Waals surface area contributed by atoms with Gasteiger partial charge >= 0.3 is 6.18 Å². The molecule has 2 aromatic carbocycles. The maximum Gasteiger partial charge on any atom is 0.417 e. The van der Waals surface area contributed by atoms with E-state index in [1.165, 1.54) is 16.8 Å². The molecule has 4 rings (SSSR count). The van der Waals surface area contributed by atoms with Crippen LogP contribution < -0.4 is 4.74 Å². The second-order valence-electron chi connectivity index (χ2n) is 6.97. The van der Waals surface area contributed by atoms with Gasteiger partial charge < -0.3 is 4.74 Å². The van der Waals surface area contributed by atoms with Crippen molar-refractivity contribution in [1.29, 1.82) is 0 Å². The molecular weight excluding hydrogens is 483 g/mol. The van der Waals surface area contributed by atoms with Crippen molar-refractivity contribution in [3.63, 3.8) is 0 Å². The maximum atomic E-state index is 14.2. The summed E-state index contributed by atoms with van der Waals surface area (Å²) in [5, 5.41) is 4.23. The Morgan fingerprint density at radius 1 is 1.03 bits per heavy atom. The second kappa shape index (κ2) is 8.99. The Balaban J connectivity index is 1.50. The van der Waals surface area contributed by atoms with Crippen LogP contribution in [0, 0.1) is 5.82 Å². The summed E-state index contributed by atoms with van der Waals surface area (Å²) in [4.78, 5) is 8.06. The average Bonchev–Trinajstić information content (AvgIpc) is 3.13. The molecule has 0 fully saturated rings. The molecule has 4 aromatic rings. The first kappa shape index (κ1) is 23.0. The fourth-order valence-corrected chi connectivity index (χ4v) is 3.51. The van der Waals surface area contributed by atoms with Gasteiger partial charge in [0.15, 0.2) is 11.6 Å². The molecule has 0 saturated heterocycles. The molecule has 0 bridgehead atoms. The number of benzene rings is 2. The highest BCUT2D eigenvalue weighted by atomic mass is 35.5. The Morgan fingerprint density at radius 2 is 1.76 bits per heavy atom. The molecular formula is C22H14Cl2F4N4O. The van der Waals surface area contributed by atoms with Crippen molar-refractivity contribution in [3.8, 4) is 28.7 Å². The van der Waals surface area contributed by atoms with Gasteiger partial charge in [0.1, 0.15) is 17.4 Å². The molecule has 0 atom stereocenters. The van der Waals surface area contributed by atoms with Crippen LogP contribution in [0.1, 0.15) is 11.1 Å². The topological polar surface area (TPSA) is 52.8 Å². The van der Waals surface area contributed by atoms with Crippen LogP contribution in [-0.4, -0.2) is 19.7 Å². The lowest BCUT2D eigenvalue weighted by molar-refractivity contribution is -0.137. The Labute approximate surface area is 195 Å². The van der Waals surface area contributed by atoms with E-state index in [9.17, 15) is 17.6 Å². The van der Waals surface area contributed by atoms with Crippen LogP contribution in [-0.2, 0) is 19.8 Å². The van der Waals surface area contributed by atoms with Gasteiger partial charge in [0.25, 0.3) is 0 Å². The lowest BCUT2D eigenvalue weighted by Gasteiger charge is -2.10. The van der Waals surface area contributed by atoms with E-state index in [1.807, 2.05) is 0 Å². The zero-order valence-corrected chi connectivity index (χ0v) is 18.4. The van der Waals surface area contributed by atoms with Crippen molar-refractivity contribution >= 4 is 23.2 Å². The number of aryl methyl sites for hydroxylation is 1. The van der Waals surface area contributed by atoms with E-state index in [0.29, 0.717) is 17.6 Å². The summed E-state index contributed by atoms with van der Waals surface area (Å²) in [6, 6.07) is 12.1. The number of hydrogen-bond acceptors (Lipinski definition) is 4. The SMILES string of the molecule is Cn1nc(-c2c(F)cccc2Cl)nc1-c1ccc(COc2ncc(C(F)(F)F)cc2Cl)cc1. The third kappa shape index (κ3) is 4.94. The van der Waals surface area contributed by atoms with Crippen LogP contribution in [0.25, 0.3) is 22.8 Å². The molecule has 0 radical (unpaired) electrons. The number of rotatable bonds is 5. The van der Waals surface area contributed by atoms with Gasteiger partial charge in [0, 0.05) is 18.8 Å². The summed E-state index contributed by atoms with van der Waals surface area (Å²) in [6.45, 7) is 0.0350. The fraction of sp³-hybridized carbons (Fsp3) is 0.136. The number of alkyl halides is 3. The quantitative estimate of drug-likeness (QED) is 0.292. The molecule has 170 valence electrons. The summed E-state index contributed by atoms with van der Waals surface area (Å²) in [5.74, 6) is 0.0198. The lowest BCUT2D eigenvalue weighted by atomic mass is 10.1. The summed E-state index contributed by atoms with van der Waals surface area (Å²) in [7, 11) is 1.68. The van der Waals surface area contributed by atoms with Crippen molar-refractivity contribution in [3.05, 3.63) is 81.7 Å². The molecule has 2 heterocycles. The molecule has 2 aromatic heterocycles. The smallest absolute Gasteiger partial charge is 0.417 e. The molecule has 11 heteroatoms. The summed E-state index contributed by atoms with van der Waals surface area (Å²) in [6.07, 6.45) is -3.87. The molecule has 0 aliphatic heterocycles. The van der Waals surface area contributed by atoms with Crippen molar-refractivity contribution in [2.75, 3.05) is 0 Å². The average molecular weight is 497 g/mol. The minimum Gasteiger partial charge on any atom is -0.472 e. The molecule has 0 aliphatic carbocycles. The van der Waals surface area contributed by atoms with E-state index in [4.69, 9.17) is 27.9 Å². The van der Waals surface area contributed by atoms with Crippen LogP contribution in [0.15, 0.2) is 54.7 Å². The van der Waals surface area contributed by atoms with Crippen LogP contribution >= 0.6 is 23.2 Å². The molecule has 0 saturated carbocycles. The molecule has 0 aliphatic rings. The molecule has 0 amide bonds. The Kier molecular flexibility index (Phi) is 6.27. The van der Waals surface area contributed by atoms with Crippen LogP contribution in [0.3, 0.4) is 0 Å². The van der Waals surface area contributed by atoms with Crippen molar-refractivity contribution < 1.29 is 22.3 Å². The first-order chi connectivity index (χ1) is 15.6. The first-order valence-corrected chi connectivity index (χ1v) is 10.2. The normalized spacial score (nSPS) is 11.6. The number of nitrogens with zero attached hydrogens (tertiary/aromatic N) is 4. The number of halogens is 6. The largest absolute Gasteiger partial charge is 0.472 e. The van der Waals surface area contributed by atoms with Gasteiger partial charge in [-0.3, -0.25) is 0 Å². The predicted molar refractivity (Wildman–Crippen MR) is 115 cm³/mol. The summed E-state index contributed by atoms with van der Waals surface area (Å²) < 4.78 is 59.3. The van der Waals surface area contributed by atoms with Crippen LogP contribution in [0.2, 0.25) is 10.0 Å². The van der Waals surface area contributed by atoms with Crippen LogP contribution in [0.5, 0.6) is 5.88 Å². The number of hydrogen-bond donors (Lipinski definition) is 0. The minimum absolute atomic E-state index is 0.0350. The van der Waals surface area contributed by atoms with E-state index in [1.54, 1.807) is 37.4 Å². The number of pyridine rings is 1. The van der Waals surface area contributed by atoms with Gasteiger partial charge in [-0.1, -0.05) is 53.5 Å². The highest BCUT2D eigenvalue weighted by Gasteiger charge is 2.31. The van der Waals surface area contributed by atoms with Crippen molar-refractivity contribution in [2.24, 2.45) is 7.05 Å². The highest BCUT2D eigenvalue weighted by molar-refractivity contribution is 6.33. The molecule has 5 nitrogen and oxygen atoms in total. The highest BCUT2D eigenvalue weighted by Crippen LogP contribution is 2.33. The molecule has 0 spiro atoms. The maximum absolute atomic E-state index is 14.2. The third-order valence-corrected chi connectivity index (χ3v) is 5.26. The van der Waals surface area contributed by atoms with E-state index in [0.717, 1.165) is 11.6 Å². The van der Waals surface area contributed by atoms with Gasteiger partial charge in [-0.2, -0.15) is 18.3 Å². The van der Waals surface area contributed by atoms with Crippen molar-refractivity contribution in [1.82, 2.24) is 19.7 Å². The zero-order chi connectivity index (χ0) is 23.8. The van der Waals surface area contributed by atoms with Gasteiger partial charge in [-0.15, -0.1) is 0 Å². The Bertz CT molecular complexity index is 1290. The van der Waals surface area contributed by atoms with E-state index < -0.39 is 17.6 Å². The molecule has 33 heavy (non-hydrogen) atoms. The standard InChI is InChI=1S/C22H14Cl2F4N4O/c1-32-20(30-19(31-32)18-15(23)3-2-4-17(18)25)13-7-5-12(6-8-13)11-33-21-16(24)9-14(10-29-21)22(26,27)28/h2-10H,11H2,1H3. The first-order valence-electron chi connectivity index (χ1n) is 9.44. The van der Waals surface area contributed by atoms with E-state index in [-0.39, 0.29) is 33.9 Å². The number of ether oxygens (including phenoxy) is 1. The van der Waals surface area contributed by atoms with Gasteiger partial charge in [-0.25, -0.2) is 19.0 Å². The summed E-state index contributed by atoms with van der Waals surface area (Å²) in [5.41, 5.74) is 0.588. The van der Waals surface area contributed by atoms with Crippen molar-refractivity contribution in [2.45, 2.75) is 12.8 Å². The van der Waals surface area contributed by atoms with E-state index >= 15 is 0 Å². The Morgan fingerprint density at radius 3 is 2.39 bits per heavy atom.